The van der Waals surface area contributed by atoms with Crippen LogP contribution in [0.1, 0.15) is 28.6 Å². The molecule has 1 aliphatic rings. The van der Waals surface area contributed by atoms with E-state index in [9.17, 15) is 4.79 Å². The third-order valence-corrected chi connectivity index (χ3v) is 9.31. The predicted molar refractivity (Wildman–Crippen MR) is 141 cm³/mol. The summed E-state index contributed by atoms with van der Waals surface area (Å²) < 4.78 is 5.96. The van der Waals surface area contributed by atoms with E-state index < -0.39 is 0 Å². The van der Waals surface area contributed by atoms with Crippen molar-refractivity contribution in [3.8, 4) is 0 Å². The van der Waals surface area contributed by atoms with Crippen LogP contribution in [0.5, 0.6) is 0 Å². The minimum Gasteiger partial charge on any atom is -0.337 e. The van der Waals surface area contributed by atoms with Crippen molar-refractivity contribution in [2.24, 2.45) is 0 Å². The van der Waals surface area contributed by atoms with Gasteiger partial charge in [-0.15, -0.1) is 11.3 Å². The Hall–Kier alpha value is -2.61. The van der Waals surface area contributed by atoms with E-state index >= 15 is 0 Å². The molecule has 0 aliphatic carbocycles. The van der Waals surface area contributed by atoms with Gasteiger partial charge in [0.05, 0.1) is 17.1 Å². The zero-order chi connectivity index (χ0) is 23.1. The molecule has 7 heteroatoms. The van der Waals surface area contributed by atoms with Crippen LogP contribution in [0.3, 0.4) is 0 Å². The average molecular weight is 493 g/mol. The third kappa shape index (κ3) is 4.09. The van der Waals surface area contributed by atoms with E-state index in [4.69, 9.17) is 0 Å². The number of rotatable bonds is 4. The van der Waals surface area contributed by atoms with Gasteiger partial charge in [0.15, 0.2) is 12.7 Å². The molecule has 3 heterocycles. The lowest BCUT2D eigenvalue weighted by molar-refractivity contribution is -0.685. The van der Waals surface area contributed by atoms with Crippen LogP contribution in [-0.2, 0) is 13.1 Å². The Morgan fingerprint density at radius 1 is 1.12 bits per heavy atom. The maximum absolute atomic E-state index is 13.4. The molecule has 0 unspecified atom stereocenters. The standard InChI is InChI=1S/C26H26N3OS3/c1-5-29-23(15-22-28(12-13-31-22)16-19-9-7-6-8-18(19)3)33-24(25(29)30)26-27(4)20-14-17(2)10-11-21(20)32-26/h6-15H,5,16H2,1-4H3/q+1/b26-24+. The van der Waals surface area contributed by atoms with Crippen LogP contribution in [0, 0.1) is 13.8 Å². The van der Waals surface area contributed by atoms with E-state index in [1.165, 1.54) is 27.3 Å². The number of fused-ring (bicyclic) bond motifs is 1. The number of benzene rings is 2. The SMILES string of the molecule is CCn1c(=O)/c(=C2\Sc3ccc(C)cc3N2C)s/c1=C\c1scc[n+]1Cc1ccccc1C. The number of thiazole rings is 2. The minimum atomic E-state index is 0.0923. The molecule has 0 atom stereocenters. The van der Waals surface area contributed by atoms with Gasteiger partial charge in [-0.1, -0.05) is 53.4 Å². The zero-order valence-electron chi connectivity index (χ0n) is 19.2. The summed E-state index contributed by atoms with van der Waals surface area (Å²) in [5, 5.41) is 4.28. The highest BCUT2D eigenvalue weighted by Crippen LogP contribution is 2.45. The molecule has 0 spiro atoms. The Morgan fingerprint density at radius 3 is 2.73 bits per heavy atom. The van der Waals surface area contributed by atoms with Gasteiger partial charge in [0.1, 0.15) is 14.2 Å². The summed E-state index contributed by atoms with van der Waals surface area (Å²) in [6, 6.07) is 15.0. The molecule has 4 nitrogen and oxygen atoms in total. The van der Waals surface area contributed by atoms with Gasteiger partial charge in [-0.3, -0.25) is 9.36 Å². The molecule has 4 aromatic rings. The molecule has 2 aromatic carbocycles. The molecular weight excluding hydrogens is 467 g/mol. The second-order valence-electron chi connectivity index (χ2n) is 8.20. The van der Waals surface area contributed by atoms with Crippen molar-refractivity contribution >= 4 is 51.2 Å². The second-order valence-corrected chi connectivity index (χ2v) is 11.2. The highest BCUT2D eigenvalue weighted by atomic mass is 32.2. The molecule has 5 rings (SSSR count). The number of aryl methyl sites for hydroxylation is 2. The molecule has 0 saturated heterocycles. The van der Waals surface area contributed by atoms with Crippen LogP contribution in [0.4, 0.5) is 5.69 Å². The summed E-state index contributed by atoms with van der Waals surface area (Å²) >= 11 is 4.99. The van der Waals surface area contributed by atoms with Gasteiger partial charge < -0.3 is 4.90 Å². The smallest absolute Gasteiger partial charge is 0.271 e. The van der Waals surface area contributed by atoms with E-state index in [1.54, 1.807) is 34.4 Å². The van der Waals surface area contributed by atoms with Gasteiger partial charge in [0.2, 0.25) is 0 Å². The summed E-state index contributed by atoms with van der Waals surface area (Å²) in [5.41, 5.74) is 5.09. The molecule has 0 fully saturated rings. The minimum absolute atomic E-state index is 0.0923. The molecule has 33 heavy (non-hydrogen) atoms. The Morgan fingerprint density at radius 2 is 1.94 bits per heavy atom. The summed E-state index contributed by atoms with van der Waals surface area (Å²) in [5.74, 6) is 0. The molecule has 1 aliphatic heterocycles. The van der Waals surface area contributed by atoms with Gasteiger partial charge in [-0.05, 0) is 44.0 Å². The Bertz CT molecular complexity index is 1530. The number of aromatic nitrogens is 2. The molecule has 2 aromatic heterocycles. The molecule has 0 amide bonds. The predicted octanol–water partition coefficient (Wildman–Crippen LogP) is 4.08. The van der Waals surface area contributed by atoms with Gasteiger partial charge >= 0.3 is 0 Å². The number of thioether (sulfide) groups is 1. The maximum atomic E-state index is 13.4. The van der Waals surface area contributed by atoms with Gasteiger partial charge in [0, 0.05) is 24.1 Å². The quantitative estimate of drug-likeness (QED) is 0.402. The second kappa shape index (κ2) is 8.97. The molecule has 0 N–H and O–H groups in total. The lowest BCUT2D eigenvalue weighted by Gasteiger charge is -2.12. The van der Waals surface area contributed by atoms with Gasteiger partial charge in [0.25, 0.3) is 10.6 Å². The van der Waals surface area contributed by atoms with Crippen LogP contribution in [0.25, 0.3) is 11.1 Å². The highest BCUT2D eigenvalue weighted by molar-refractivity contribution is 8.08. The van der Waals surface area contributed by atoms with Crippen LogP contribution in [0.15, 0.2) is 63.7 Å². The maximum Gasteiger partial charge on any atom is 0.271 e. The van der Waals surface area contributed by atoms with Crippen LogP contribution >= 0.6 is 34.4 Å². The molecule has 168 valence electrons. The normalized spacial score (nSPS) is 15.4. The van der Waals surface area contributed by atoms with Crippen molar-refractivity contribution in [2.75, 3.05) is 11.9 Å². The van der Waals surface area contributed by atoms with Crippen molar-refractivity contribution in [3.05, 3.63) is 95.3 Å². The van der Waals surface area contributed by atoms with Crippen molar-refractivity contribution in [2.45, 2.75) is 38.8 Å². The van der Waals surface area contributed by atoms with E-state index in [0.717, 1.165) is 25.8 Å². The Balaban J connectivity index is 1.61. The fraction of sp³-hybridized carbons (Fsp3) is 0.231. The summed E-state index contributed by atoms with van der Waals surface area (Å²) in [4.78, 5) is 16.8. The third-order valence-electron chi connectivity index (χ3n) is 5.97. The number of nitrogens with zero attached hydrogens (tertiary/aromatic N) is 3. The van der Waals surface area contributed by atoms with Crippen molar-refractivity contribution in [1.29, 1.82) is 0 Å². The number of hydrogen-bond donors (Lipinski definition) is 0. The van der Waals surface area contributed by atoms with Crippen LogP contribution in [0.2, 0.25) is 0 Å². The Kier molecular flexibility index (Phi) is 6.03. The lowest BCUT2D eigenvalue weighted by Crippen LogP contribution is -2.36. The fourth-order valence-corrected chi connectivity index (χ4v) is 7.36. The van der Waals surface area contributed by atoms with Gasteiger partial charge in [-0.2, -0.15) is 4.57 Å². The number of anilines is 1. The average Bonchev–Trinajstić information content (AvgIpc) is 3.46. The summed E-state index contributed by atoms with van der Waals surface area (Å²) in [7, 11) is 2.06. The van der Waals surface area contributed by atoms with Crippen LogP contribution < -0.4 is 24.2 Å². The zero-order valence-corrected chi connectivity index (χ0v) is 21.6. The van der Waals surface area contributed by atoms with E-state index in [0.29, 0.717) is 6.54 Å². The van der Waals surface area contributed by atoms with Gasteiger partial charge in [-0.25, -0.2) is 0 Å². The highest BCUT2D eigenvalue weighted by Gasteiger charge is 2.25. The topological polar surface area (TPSA) is 29.1 Å². The van der Waals surface area contributed by atoms with E-state index in [-0.39, 0.29) is 5.56 Å². The van der Waals surface area contributed by atoms with Crippen LogP contribution in [-0.4, -0.2) is 11.6 Å². The van der Waals surface area contributed by atoms with Crippen molar-refractivity contribution in [3.63, 3.8) is 0 Å². The first-order valence-electron chi connectivity index (χ1n) is 11.0. The first kappa shape index (κ1) is 22.2. The van der Waals surface area contributed by atoms with E-state index in [1.807, 2.05) is 11.5 Å². The van der Waals surface area contributed by atoms with Crippen molar-refractivity contribution in [1.82, 2.24) is 4.57 Å². The molecular formula is C26H26N3OS3+. The molecule has 0 saturated carbocycles. The fourth-order valence-electron chi connectivity index (χ4n) is 4.06. The Labute approximate surface area is 205 Å². The first-order chi connectivity index (χ1) is 16.0. The summed E-state index contributed by atoms with van der Waals surface area (Å²) in [6.45, 7) is 7.77. The monoisotopic (exact) mass is 492 g/mol. The lowest BCUT2D eigenvalue weighted by atomic mass is 10.1. The molecule has 0 bridgehead atoms. The van der Waals surface area contributed by atoms with Crippen molar-refractivity contribution < 1.29 is 4.57 Å². The molecule has 0 radical (unpaired) electrons. The summed E-state index contributed by atoms with van der Waals surface area (Å²) in [6.07, 6.45) is 4.29. The number of hydrogen-bond acceptors (Lipinski definition) is 5. The first-order valence-corrected chi connectivity index (χ1v) is 13.5. The largest absolute Gasteiger partial charge is 0.337 e. The van der Waals surface area contributed by atoms with E-state index in [2.05, 4.69) is 90.5 Å².